The summed E-state index contributed by atoms with van der Waals surface area (Å²) in [4.78, 5) is 28.8. The van der Waals surface area contributed by atoms with E-state index in [2.05, 4.69) is 20.0 Å². The number of nitrogens with two attached hydrogens (primary N) is 1. The predicted octanol–water partition coefficient (Wildman–Crippen LogP) is 2.88. The van der Waals surface area contributed by atoms with E-state index in [4.69, 9.17) is 10.5 Å². The lowest BCUT2D eigenvalue weighted by molar-refractivity contribution is -0.119. The van der Waals surface area contributed by atoms with Crippen LogP contribution in [0.1, 0.15) is 18.3 Å². The SMILES string of the molecule is CC(=O)NC[C@H]1CN(c2ccc(-c3ccc(CNc4nc(CN)ns4)cc3)c(F)c2)C(=O)O1. The van der Waals surface area contributed by atoms with Gasteiger partial charge in [0.05, 0.1) is 25.3 Å². The summed E-state index contributed by atoms with van der Waals surface area (Å²) < 4.78 is 24.3. The fourth-order valence-electron chi connectivity index (χ4n) is 3.39. The first-order valence-electron chi connectivity index (χ1n) is 10.3. The Labute approximate surface area is 193 Å². The number of aromatic nitrogens is 2. The topological polar surface area (TPSA) is 122 Å². The Hall–Kier alpha value is -3.57. The number of ether oxygens (including phenoxy) is 1. The summed E-state index contributed by atoms with van der Waals surface area (Å²) in [6.45, 7) is 2.70. The van der Waals surface area contributed by atoms with E-state index in [1.54, 1.807) is 12.1 Å². The number of nitrogens with one attached hydrogen (secondary N) is 2. The largest absolute Gasteiger partial charge is 0.442 e. The number of cyclic esters (lactones) is 1. The summed E-state index contributed by atoms with van der Waals surface area (Å²) in [7, 11) is 0. The second-order valence-corrected chi connectivity index (χ2v) is 8.24. The molecule has 0 spiro atoms. The van der Waals surface area contributed by atoms with E-state index in [1.807, 2.05) is 24.3 Å². The molecule has 2 aromatic carbocycles. The summed E-state index contributed by atoms with van der Waals surface area (Å²) in [6, 6.07) is 12.1. The van der Waals surface area contributed by atoms with Gasteiger partial charge in [-0.3, -0.25) is 9.69 Å². The first-order chi connectivity index (χ1) is 15.9. The lowest BCUT2D eigenvalue weighted by Gasteiger charge is -2.15. The second kappa shape index (κ2) is 9.92. The van der Waals surface area contributed by atoms with Crippen molar-refractivity contribution in [2.45, 2.75) is 26.1 Å². The van der Waals surface area contributed by atoms with Crippen LogP contribution < -0.4 is 21.3 Å². The molecular formula is C22H23FN6O3S. The van der Waals surface area contributed by atoms with Crippen LogP contribution in [0.3, 0.4) is 0 Å². The molecule has 4 N–H and O–H groups in total. The molecule has 1 aliphatic heterocycles. The van der Waals surface area contributed by atoms with E-state index in [9.17, 15) is 14.0 Å². The maximum absolute atomic E-state index is 14.9. The summed E-state index contributed by atoms with van der Waals surface area (Å²) in [5, 5.41) is 6.50. The Bertz CT molecular complexity index is 1150. The third-order valence-corrected chi connectivity index (χ3v) is 5.79. The molecular weight excluding hydrogens is 447 g/mol. The number of carbonyl (C=O) groups excluding carboxylic acids is 2. The summed E-state index contributed by atoms with van der Waals surface area (Å²) in [6.07, 6.45) is -1.05. The maximum Gasteiger partial charge on any atom is 0.414 e. The molecule has 11 heteroatoms. The van der Waals surface area contributed by atoms with Gasteiger partial charge in [-0.2, -0.15) is 4.37 Å². The van der Waals surface area contributed by atoms with E-state index in [0.29, 0.717) is 35.3 Å². The van der Waals surface area contributed by atoms with Gasteiger partial charge in [0.25, 0.3) is 0 Å². The number of nitrogens with zero attached hydrogens (tertiary/aromatic N) is 3. The van der Waals surface area contributed by atoms with Gasteiger partial charge in [-0.25, -0.2) is 14.2 Å². The molecule has 0 bridgehead atoms. The Balaban J connectivity index is 1.40. The molecule has 1 aromatic heterocycles. The number of carbonyl (C=O) groups is 2. The zero-order chi connectivity index (χ0) is 23.4. The standard InChI is InChI=1S/C22H23FN6O3S/c1-13(30)25-11-17-12-29(22(31)32-17)16-6-7-18(19(23)8-16)15-4-2-14(3-5-15)10-26-21-27-20(9-24)28-33-21/h2-8,17H,9-12,24H2,1H3,(H,25,30)(H,26,27,28)/t17-/m0/s1. The molecule has 3 aromatic rings. The first kappa shape index (κ1) is 22.6. The van der Waals surface area contributed by atoms with Gasteiger partial charge in [0.1, 0.15) is 11.9 Å². The van der Waals surface area contributed by atoms with Crippen molar-refractivity contribution in [3.63, 3.8) is 0 Å². The molecule has 1 saturated heterocycles. The van der Waals surface area contributed by atoms with E-state index < -0.39 is 18.0 Å². The molecule has 4 rings (SSSR count). The normalized spacial score (nSPS) is 15.4. The zero-order valence-electron chi connectivity index (χ0n) is 17.9. The van der Waals surface area contributed by atoms with Crippen LogP contribution in [-0.2, 0) is 22.6 Å². The number of hydrogen-bond donors (Lipinski definition) is 3. The Morgan fingerprint density at radius 1 is 1.30 bits per heavy atom. The highest BCUT2D eigenvalue weighted by Crippen LogP contribution is 2.29. The van der Waals surface area contributed by atoms with Crippen molar-refractivity contribution in [1.82, 2.24) is 14.7 Å². The minimum Gasteiger partial charge on any atom is -0.442 e. The Morgan fingerprint density at radius 3 is 2.76 bits per heavy atom. The molecule has 0 aliphatic carbocycles. The third kappa shape index (κ3) is 5.44. The lowest BCUT2D eigenvalue weighted by atomic mass is 10.0. The smallest absolute Gasteiger partial charge is 0.414 e. The summed E-state index contributed by atoms with van der Waals surface area (Å²) >= 11 is 1.25. The molecule has 0 saturated carbocycles. The van der Waals surface area contributed by atoms with E-state index in [1.165, 1.54) is 29.4 Å². The van der Waals surface area contributed by atoms with Gasteiger partial charge in [0.15, 0.2) is 5.82 Å². The lowest BCUT2D eigenvalue weighted by Crippen LogP contribution is -2.33. The molecule has 0 radical (unpaired) electrons. The average Bonchev–Trinajstić information content (AvgIpc) is 3.43. The highest BCUT2D eigenvalue weighted by molar-refractivity contribution is 7.09. The summed E-state index contributed by atoms with van der Waals surface area (Å²) in [5.74, 6) is -0.0514. The molecule has 0 unspecified atom stereocenters. The van der Waals surface area contributed by atoms with Gasteiger partial charge in [0, 0.05) is 30.6 Å². The van der Waals surface area contributed by atoms with Crippen molar-refractivity contribution >= 4 is 34.4 Å². The van der Waals surface area contributed by atoms with E-state index in [-0.39, 0.29) is 19.0 Å². The van der Waals surface area contributed by atoms with Gasteiger partial charge >= 0.3 is 6.09 Å². The van der Waals surface area contributed by atoms with Crippen molar-refractivity contribution in [1.29, 1.82) is 0 Å². The number of hydrogen-bond acceptors (Lipinski definition) is 8. The van der Waals surface area contributed by atoms with Gasteiger partial charge < -0.3 is 21.1 Å². The first-order valence-corrected chi connectivity index (χ1v) is 11.1. The fraction of sp³-hybridized carbons (Fsp3) is 0.273. The van der Waals surface area contributed by atoms with Gasteiger partial charge in [-0.15, -0.1) is 0 Å². The van der Waals surface area contributed by atoms with E-state index in [0.717, 1.165) is 11.1 Å². The molecule has 9 nitrogen and oxygen atoms in total. The number of anilines is 2. The van der Waals surface area contributed by atoms with Crippen LogP contribution in [-0.4, -0.2) is 40.6 Å². The van der Waals surface area contributed by atoms with Crippen LogP contribution in [0, 0.1) is 5.82 Å². The van der Waals surface area contributed by atoms with Crippen molar-refractivity contribution in [2.75, 3.05) is 23.3 Å². The Morgan fingerprint density at radius 2 is 2.09 bits per heavy atom. The van der Waals surface area contributed by atoms with Gasteiger partial charge in [-0.05, 0) is 29.3 Å². The van der Waals surface area contributed by atoms with Crippen molar-refractivity contribution < 1.29 is 18.7 Å². The molecule has 1 aliphatic rings. The molecule has 2 amide bonds. The van der Waals surface area contributed by atoms with Crippen molar-refractivity contribution in [2.24, 2.45) is 5.73 Å². The fourth-order valence-corrected chi connectivity index (χ4v) is 3.98. The Kier molecular flexibility index (Phi) is 6.80. The molecule has 33 heavy (non-hydrogen) atoms. The molecule has 1 fully saturated rings. The predicted molar refractivity (Wildman–Crippen MR) is 123 cm³/mol. The van der Waals surface area contributed by atoms with Crippen molar-refractivity contribution in [3.05, 3.63) is 59.7 Å². The number of amides is 2. The minimum atomic E-state index is -0.566. The zero-order valence-corrected chi connectivity index (χ0v) is 18.7. The van der Waals surface area contributed by atoms with Gasteiger partial charge in [-0.1, -0.05) is 24.3 Å². The van der Waals surface area contributed by atoms with Crippen LogP contribution in [0.25, 0.3) is 11.1 Å². The van der Waals surface area contributed by atoms with Crippen LogP contribution >= 0.6 is 11.5 Å². The second-order valence-electron chi connectivity index (χ2n) is 7.49. The van der Waals surface area contributed by atoms with Gasteiger partial charge in [0.2, 0.25) is 11.0 Å². The van der Waals surface area contributed by atoms with Crippen molar-refractivity contribution in [3.8, 4) is 11.1 Å². The minimum absolute atomic E-state index is 0.206. The summed E-state index contributed by atoms with van der Waals surface area (Å²) in [5.41, 5.74) is 8.07. The monoisotopic (exact) mass is 470 g/mol. The quantitative estimate of drug-likeness (QED) is 0.463. The maximum atomic E-state index is 14.9. The van der Waals surface area contributed by atoms with E-state index >= 15 is 0 Å². The highest BCUT2D eigenvalue weighted by Gasteiger charge is 2.32. The molecule has 1 atom stereocenters. The van der Waals surface area contributed by atoms with Crippen LogP contribution in [0.4, 0.5) is 20.0 Å². The average molecular weight is 471 g/mol. The third-order valence-electron chi connectivity index (χ3n) is 5.08. The van der Waals surface area contributed by atoms with Crippen LogP contribution in [0.2, 0.25) is 0 Å². The number of benzene rings is 2. The number of rotatable bonds is 8. The van der Waals surface area contributed by atoms with Crippen LogP contribution in [0.15, 0.2) is 42.5 Å². The molecule has 172 valence electrons. The highest BCUT2D eigenvalue weighted by atomic mass is 32.1. The molecule has 2 heterocycles. The van der Waals surface area contributed by atoms with Crippen LogP contribution in [0.5, 0.6) is 0 Å². The number of halogens is 1.